The lowest BCUT2D eigenvalue weighted by Crippen LogP contribution is -2.16. The summed E-state index contributed by atoms with van der Waals surface area (Å²) >= 11 is 6.02. The van der Waals surface area contributed by atoms with E-state index in [-0.39, 0.29) is 16.9 Å². The minimum Gasteiger partial charge on any atom is -0.386 e. The second-order valence-corrected chi connectivity index (χ2v) is 5.31. The standard InChI is InChI=1S/C17H13ClN4O3/c18-16-7-2-1-4-12(16)10-20-11-13(9-19)17(23)21-14-5-3-6-15(8-14)22(24)25/h1-8,11,20H,10H2,(H,21,23)/b13-11-. The van der Waals surface area contributed by atoms with Gasteiger partial charge in [-0.2, -0.15) is 5.26 Å². The van der Waals surface area contributed by atoms with Gasteiger partial charge in [-0.3, -0.25) is 14.9 Å². The molecule has 25 heavy (non-hydrogen) atoms. The van der Waals surface area contributed by atoms with Crippen LogP contribution in [-0.4, -0.2) is 10.8 Å². The Morgan fingerprint density at radius 2 is 2.04 bits per heavy atom. The lowest BCUT2D eigenvalue weighted by atomic mass is 10.2. The van der Waals surface area contributed by atoms with Gasteiger partial charge in [0.15, 0.2) is 0 Å². The highest BCUT2D eigenvalue weighted by molar-refractivity contribution is 6.31. The van der Waals surface area contributed by atoms with Crippen molar-refractivity contribution in [3.05, 3.63) is 81.0 Å². The number of nitriles is 1. The number of carbonyl (C=O) groups is 1. The van der Waals surface area contributed by atoms with Crippen molar-refractivity contribution in [3.8, 4) is 6.07 Å². The van der Waals surface area contributed by atoms with E-state index in [0.717, 1.165) is 5.56 Å². The SMILES string of the molecule is N#C/C(=C/NCc1ccccc1Cl)C(=O)Nc1cccc([N+](=O)[O-])c1. The van der Waals surface area contributed by atoms with Gasteiger partial charge < -0.3 is 10.6 Å². The first-order valence-corrected chi connectivity index (χ1v) is 7.52. The van der Waals surface area contributed by atoms with E-state index in [2.05, 4.69) is 10.6 Å². The lowest BCUT2D eigenvalue weighted by Gasteiger charge is -2.06. The maximum atomic E-state index is 12.1. The highest BCUT2D eigenvalue weighted by Gasteiger charge is 2.12. The molecule has 0 saturated carbocycles. The summed E-state index contributed by atoms with van der Waals surface area (Å²) in [4.78, 5) is 22.3. The molecule has 0 aliphatic carbocycles. The van der Waals surface area contributed by atoms with Crippen molar-refractivity contribution in [2.24, 2.45) is 0 Å². The van der Waals surface area contributed by atoms with Crippen molar-refractivity contribution in [1.82, 2.24) is 5.32 Å². The molecule has 2 aromatic carbocycles. The molecule has 0 aliphatic rings. The number of rotatable bonds is 6. The monoisotopic (exact) mass is 356 g/mol. The van der Waals surface area contributed by atoms with Gasteiger partial charge in [0.2, 0.25) is 0 Å². The van der Waals surface area contributed by atoms with E-state index in [1.54, 1.807) is 18.2 Å². The number of nitrogens with one attached hydrogen (secondary N) is 2. The Bertz CT molecular complexity index is 874. The Morgan fingerprint density at radius 1 is 1.28 bits per heavy atom. The fraction of sp³-hybridized carbons (Fsp3) is 0.0588. The van der Waals surface area contributed by atoms with Crippen LogP contribution in [-0.2, 0) is 11.3 Å². The number of nitro groups is 1. The topological polar surface area (TPSA) is 108 Å². The highest BCUT2D eigenvalue weighted by Crippen LogP contribution is 2.17. The Hall–Kier alpha value is -3.37. The van der Waals surface area contributed by atoms with Gasteiger partial charge in [0, 0.05) is 35.6 Å². The van der Waals surface area contributed by atoms with Crippen LogP contribution in [0.2, 0.25) is 5.02 Å². The van der Waals surface area contributed by atoms with Crippen molar-refractivity contribution >= 4 is 28.9 Å². The van der Waals surface area contributed by atoms with Crippen molar-refractivity contribution in [1.29, 1.82) is 5.26 Å². The third kappa shape index (κ3) is 5.06. The van der Waals surface area contributed by atoms with E-state index in [9.17, 15) is 14.9 Å². The molecule has 0 aromatic heterocycles. The molecule has 1 amide bonds. The molecule has 7 nitrogen and oxygen atoms in total. The summed E-state index contributed by atoms with van der Waals surface area (Å²) in [5, 5.41) is 25.7. The van der Waals surface area contributed by atoms with Gasteiger partial charge in [0.25, 0.3) is 11.6 Å². The van der Waals surface area contributed by atoms with Gasteiger partial charge in [-0.25, -0.2) is 0 Å². The largest absolute Gasteiger partial charge is 0.386 e. The molecule has 0 atom stereocenters. The number of non-ortho nitro benzene ring substituents is 1. The Labute approximate surface area is 148 Å². The van der Waals surface area contributed by atoms with Crippen LogP contribution in [0.15, 0.2) is 60.3 Å². The van der Waals surface area contributed by atoms with E-state index in [1.165, 1.54) is 30.5 Å². The number of nitrogens with zero attached hydrogens (tertiary/aromatic N) is 2. The number of halogens is 1. The molecule has 2 rings (SSSR count). The molecule has 8 heteroatoms. The molecule has 0 spiro atoms. The summed E-state index contributed by atoms with van der Waals surface area (Å²) in [5.41, 5.74) is 0.721. The van der Waals surface area contributed by atoms with E-state index in [4.69, 9.17) is 16.9 Å². The minimum absolute atomic E-state index is 0.155. The molecule has 2 N–H and O–H groups in total. The van der Waals surface area contributed by atoms with Crippen LogP contribution in [0.1, 0.15) is 5.56 Å². The highest BCUT2D eigenvalue weighted by atomic mass is 35.5. The van der Waals surface area contributed by atoms with E-state index >= 15 is 0 Å². The van der Waals surface area contributed by atoms with E-state index < -0.39 is 10.8 Å². The molecular formula is C17H13ClN4O3. The zero-order valence-corrected chi connectivity index (χ0v) is 13.7. The molecule has 0 bridgehead atoms. The summed E-state index contributed by atoms with van der Waals surface area (Å²) in [6.07, 6.45) is 1.27. The normalized spacial score (nSPS) is 10.6. The third-order valence-electron chi connectivity index (χ3n) is 3.18. The van der Waals surface area contributed by atoms with Crippen molar-refractivity contribution in [2.75, 3.05) is 5.32 Å². The molecule has 0 unspecified atom stereocenters. The smallest absolute Gasteiger partial charge is 0.271 e. The Morgan fingerprint density at radius 3 is 2.72 bits per heavy atom. The molecule has 0 saturated heterocycles. The third-order valence-corrected chi connectivity index (χ3v) is 3.55. The number of amides is 1. The van der Waals surface area contributed by atoms with Crippen LogP contribution in [0.25, 0.3) is 0 Å². The maximum Gasteiger partial charge on any atom is 0.271 e. The van der Waals surface area contributed by atoms with Gasteiger partial charge in [0.1, 0.15) is 11.6 Å². The van der Waals surface area contributed by atoms with Gasteiger partial charge >= 0.3 is 0 Å². The zero-order valence-electron chi connectivity index (χ0n) is 12.9. The maximum absolute atomic E-state index is 12.1. The number of anilines is 1. The average Bonchev–Trinajstić information content (AvgIpc) is 2.60. The van der Waals surface area contributed by atoms with Crippen molar-refractivity contribution in [3.63, 3.8) is 0 Å². The molecule has 0 radical (unpaired) electrons. The summed E-state index contributed by atoms with van der Waals surface area (Å²) in [7, 11) is 0. The first-order chi connectivity index (χ1) is 12.0. The first-order valence-electron chi connectivity index (χ1n) is 7.14. The summed E-state index contributed by atoms with van der Waals surface area (Å²) in [6, 6.07) is 14.4. The van der Waals surface area contributed by atoms with Crippen LogP contribution < -0.4 is 10.6 Å². The van der Waals surface area contributed by atoms with Crippen molar-refractivity contribution in [2.45, 2.75) is 6.54 Å². The number of carbonyl (C=O) groups excluding carboxylic acids is 1. The van der Waals surface area contributed by atoms with Crippen LogP contribution in [0.3, 0.4) is 0 Å². The van der Waals surface area contributed by atoms with Crippen LogP contribution in [0.5, 0.6) is 0 Å². The van der Waals surface area contributed by atoms with E-state index in [1.807, 2.05) is 12.1 Å². The quantitative estimate of drug-likeness (QED) is 0.357. The molecular weight excluding hydrogens is 344 g/mol. The number of hydrogen-bond donors (Lipinski definition) is 2. The zero-order chi connectivity index (χ0) is 18.2. The van der Waals surface area contributed by atoms with Crippen LogP contribution in [0.4, 0.5) is 11.4 Å². The lowest BCUT2D eigenvalue weighted by molar-refractivity contribution is -0.384. The number of benzene rings is 2. The summed E-state index contributed by atoms with van der Waals surface area (Å²) in [6.45, 7) is 0.342. The minimum atomic E-state index is -0.672. The molecule has 0 fully saturated rings. The van der Waals surface area contributed by atoms with Gasteiger partial charge in [-0.05, 0) is 17.7 Å². The number of nitro benzene ring substituents is 1. The fourth-order valence-electron chi connectivity index (χ4n) is 1.95. The predicted molar refractivity (Wildman–Crippen MR) is 93.7 cm³/mol. The first kappa shape index (κ1) is 18.0. The van der Waals surface area contributed by atoms with Crippen LogP contribution in [0, 0.1) is 21.4 Å². The Balaban J connectivity index is 2.03. The van der Waals surface area contributed by atoms with Crippen LogP contribution >= 0.6 is 11.6 Å². The van der Waals surface area contributed by atoms with Gasteiger partial charge in [-0.1, -0.05) is 35.9 Å². The summed E-state index contributed by atoms with van der Waals surface area (Å²) in [5.74, 6) is -0.672. The average molecular weight is 357 g/mol. The predicted octanol–water partition coefficient (Wildman–Crippen LogP) is 3.38. The van der Waals surface area contributed by atoms with Gasteiger partial charge in [-0.15, -0.1) is 0 Å². The second-order valence-electron chi connectivity index (χ2n) is 4.90. The molecule has 0 aliphatic heterocycles. The number of hydrogen-bond acceptors (Lipinski definition) is 5. The fourth-order valence-corrected chi connectivity index (χ4v) is 2.15. The van der Waals surface area contributed by atoms with E-state index in [0.29, 0.717) is 11.6 Å². The van der Waals surface area contributed by atoms with Gasteiger partial charge in [0.05, 0.1) is 4.92 Å². The summed E-state index contributed by atoms with van der Waals surface area (Å²) < 4.78 is 0. The van der Waals surface area contributed by atoms with Crippen molar-refractivity contribution < 1.29 is 9.72 Å². The molecule has 126 valence electrons. The molecule has 2 aromatic rings. The second kappa shape index (κ2) is 8.47. The Kier molecular flexibility index (Phi) is 6.09. The molecule has 0 heterocycles.